The second-order valence-corrected chi connectivity index (χ2v) is 10.9. The molecule has 0 radical (unpaired) electrons. The van der Waals surface area contributed by atoms with E-state index in [1.807, 2.05) is 0 Å². The molecule has 1 N–H and O–H groups in total. The molecule has 7 nitrogen and oxygen atoms in total. The van der Waals surface area contributed by atoms with E-state index < -0.39 is 21.8 Å². The molecule has 2 aromatic carbocycles. The maximum atomic E-state index is 13.5. The third-order valence-corrected chi connectivity index (χ3v) is 7.93. The summed E-state index contributed by atoms with van der Waals surface area (Å²) in [5, 5.41) is 2.48. The first-order chi connectivity index (χ1) is 17.1. The number of anilines is 1. The van der Waals surface area contributed by atoms with E-state index in [0.717, 1.165) is 17.1 Å². The summed E-state index contributed by atoms with van der Waals surface area (Å²) >= 11 is 1.36. The topological polar surface area (TPSA) is 94.1 Å². The van der Waals surface area contributed by atoms with Crippen LogP contribution in [0.4, 0.5) is 19.0 Å². The van der Waals surface area contributed by atoms with Crippen LogP contribution < -0.4 is 9.46 Å². The number of fused-ring (bicyclic) bond motifs is 1. The van der Waals surface area contributed by atoms with E-state index in [0.29, 0.717) is 34.6 Å². The first-order valence-corrected chi connectivity index (χ1v) is 13.2. The summed E-state index contributed by atoms with van der Waals surface area (Å²) in [6.07, 6.45) is -1.34. The number of nitrogens with zero attached hydrogens (tertiary/aromatic N) is 3. The van der Waals surface area contributed by atoms with Crippen molar-refractivity contribution in [2.45, 2.75) is 30.3 Å². The van der Waals surface area contributed by atoms with Crippen molar-refractivity contribution in [2.24, 2.45) is 0 Å². The second-order valence-electron chi connectivity index (χ2n) is 8.14. The lowest BCUT2D eigenvalue weighted by atomic mass is 9.83. The van der Waals surface area contributed by atoms with E-state index in [-0.39, 0.29) is 23.2 Å². The molecule has 3 heterocycles. The number of thiazole rings is 1. The molecule has 0 bridgehead atoms. The van der Waals surface area contributed by atoms with E-state index in [1.54, 1.807) is 18.4 Å². The molecule has 5 rings (SSSR count). The van der Waals surface area contributed by atoms with Gasteiger partial charge in [-0.25, -0.2) is 23.4 Å². The lowest BCUT2D eigenvalue weighted by Crippen LogP contribution is -2.18. The van der Waals surface area contributed by atoms with Gasteiger partial charge in [0.25, 0.3) is 10.0 Å². The highest BCUT2D eigenvalue weighted by Crippen LogP contribution is 2.44. The lowest BCUT2D eigenvalue weighted by Gasteiger charge is -2.28. The van der Waals surface area contributed by atoms with Gasteiger partial charge in [-0.1, -0.05) is 12.1 Å². The first-order valence-electron chi connectivity index (χ1n) is 10.8. The Hall–Kier alpha value is -3.51. The molecular weight excluding hydrogens is 513 g/mol. The fourth-order valence-corrected chi connectivity index (χ4v) is 5.79. The molecule has 0 fully saturated rings. The largest absolute Gasteiger partial charge is 0.493 e. The summed E-state index contributed by atoms with van der Waals surface area (Å²) in [6, 6.07) is 9.60. The summed E-state index contributed by atoms with van der Waals surface area (Å²) in [4.78, 5) is 12.0. The predicted octanol–water partition coefficient (Wildman–Crippen LogP) is 5.64. The molecule has 0 aliphatic carbocycles. The van der Waals surface area contributed by atoms with Crippen molar-refractivity contribution in [1.82, 2.24) is 15.0 Å². The molecule has 0 saturated carbocycles. The van der Waals surface area contributed by atoms with Crippen molar-refractivity contribution in [3.8, 4) is 17.0 Å². The van der Waals surface area contributed by atoms with E-state index in [4.69, 9.17) is 4.74 Å². The Balaban J connectivity index is 1.55. The average Bonchev–Trinajstić information content (AvgIpc) is 3.29. The Morgan fingerprint density at radius 2 is 1.92 bits per heavy atom. The van der Waals surface area contributed by atoms with Crippen LogP contribution in [0.3, 0.4) is 0 Å². The summed E-state index contributed by atoms with van der Waals surface area (Å²) in [5.41, 5.74) is 1.48. The Bertz CT molecular complexity index is 1520. The first kappa shape index (κ1) is 24.2. The van der Waals surface area contributed by atoms with Crippen LogP contribution in [0.1, 0.15) is 34.0 Å². The van der Waals surface area contributed by atoms with Gasteiger partial charge in [-0.2, -0.15) is 13.2 Å². The number of hydrogen-bond acceptors (Lipinski definition) is 7. The number of hydrogen-bond donors (Lipinski definition) is 1. The number of aromatic nitrogens is 3. The standard InChI is InChI=1S/C24H19F3N4O3S2/c1-14-30-21(12-35-14)20-10-15(24(25,26)27)2-4-17(20)18-7-9-34-22-11-16(3-5-19(18)22)36(32,33)31-23-6-8-28-13-29-23/h2-6,8,10-13,18H,7,9H2,1H3,(H,28,29,31). The highest BCUT2D eigenvalue weighted by atomic mass is 32.2. The van der Waals surface area contributed by atoms with Gasteiger partial charge in [0.2, 0.25) is 0 Å². The van der Waals surface area contributed by atoms with E-state index in [1.165, 1.54) is 48.1 Å². The molecular formula is C24H19F3N4O3S2. The third kappa shape index (κ3) is 4.78. The van der Waals surface area contributed by atoms with E-state index >= 15 is 0 Å². The Morgan fingerprint density at radius 3 is 2.61 bits per heavy atom. The number of rotatable bonds is 5. The van der Waals surface area contributed by atoms with Gasteiger partial charge in [-0.3, -0.25) is 4.72 Å². The minimum Gasteiger partial charge on any atom is -0.493 e. The maximum Gasteiger partial charge on any atom is 0.416 e. The van der Waals surface area contributed by atoms with Crippen LogP contribution in [-0.4, -0.2) is 30.0 Å². The molecule has 0 amide bonds. The van der Waals surface area contributed by atoms with Crippen molar-refractivity contribution in [3.05, 3.63) is 82.1 Å². The van der Waals surface area contributed by atoms with Gasteiger partial charge < -0.3 is 4.74 Å². The van der Waals surface area contributed by atoms with Gasteiger partial charge in [0, 0.05) is 34.7 Å². The Morgan fingerprint density at radius 1 is 1.11 bits per heavy atom. The van der Waals surface area contributed by atoms with Crippen molar-refractivity contribution >= 4 is 27.2 Å². The summed E-state index contributed by atoms with van der Waals surface area (Å²) in [5.74, 6) is 0.172. The summed E-state index contributed by atoms with van der Waals surface area (Å²) in [7, 11) is -3.95. The van der Waals surface area contributed by atoms with Crippen LogP contribution >= 0.6 is 11.3 Å². The number of benzene rings is 2. The Labute approximate surface area is 209 Å². The molecule has 1 atom stereocenters. The fraction of sp³-hybridized carbons (Fsp3) is 0.208. The van der Waals surface area contributed by atoms with Crippen molar-refractivity contribution in [1.29, 1.82) is 0 Å². The SMILES string of the molecule is Cc1nc(-c2cc(C(F)(F)F)ccc2C2CCOc3cc(S(=O)(=O)Nc4ccncn4)ccc32)cs1. The number of sulfonamides is 1. The average molecular weight is 533 g/mol. The van der Waals surface area contributed by atoms with Crippen molar-refractivity contribution in [3.63, 3.8) is 0 Å². The van der Waals surface area contributed by atoms with Crippen LogP contribution in [-0.2, 0) is 16.2 Å². The van der Waals surface area contributed by atoms with Crippen LogP contribution in [0.25, 0.3) is 11.3 Å². The fourth-order valence-electron chi connectivity index (χ4n) is 4.15. The Kier molecular flexibility index (Phi) is 6.17. The number of halogens is 3. The smallest absolute Gasteiger partial charge is 0.416 e. The molecule has 1 aliphatic rings. The molecule has 2 aromatic heterocycles. The minimum atomic E-state index is -4.49. The second kappa shape index (κ2) is 9.17. The van der Waals surface area contributed by atoms with E-state index in [9.17, 15) is 21.6 Å². The molecule has 4 aromatic rings. The van der Waals surface area contributed by atoms with Crippen LogP contribution in [0.15, 0.2) is 65.3 Å². The molecule has 12 heteroatoms. The van der Waals surface area contributed by atoms with Gasteiger partial charge in [0.05, 0.1) is 27.8 Å². The number of nitrogens with one attached hydrogen (secondary N) is 1. The van der Waals surface area contributed by atoms with Gasteiger partial charge in [-0.05, 0) is 43.2 Å². The van der Waals surface area contributed by atoms with Crippen LogP contribution in [0.2, 0.25) is 0 Å². The molecule has 0 spiro atoms. The van der Waals surface area contributed by atoms with Crippen LogP contribution in [0, 0.1) is 6.92 Å². The highest BCUT2D eigenvalue weighted by molar-refractivity contribution is 7.92. The van der Waals surface area contributed by atoms with Crippen LogP contribution in [0.5, 0.6) is 5.75 Å². The molecule has 186 valence electrons. The lowest BCUT2D eigenvalue weighted by molar-refractivity contribution is -0.137. The van der Waals surface area contributed by atoms with Gasteiger partial charge in [0.1, 0.15) is 17.9 Å². The van der Waals surface area contributed by atoms with Gasteiger partial charge >= 0.3 is 6.18 Å². The zero-order valence-electron chi connectivity index (χ0n) is 18.8. The monoisotopic (exact) mass is 532 g/mol. The number of alkyl halides is 3. The zero-order chi connectivity index (χ0) is 25.5. The molecule has 1 aliphatic heterocycles. The predicted molar refractivity (Wildman–Crippen MR) is 129 cm³/mol. The van der Waals surface area contributed by atoms with Gasteiger partial charge in [0.15, 0.2) is 0 Å². The minimum absolute atomic E-state index is 0.0247. The number of aryl methyl sites for hydroxylation is 1. The quantitative estimate of drug-likeness (QED) is 0.357. The van der Waals surface area contributed by atoms with Gasteiger partial charge in [-0.15, -0.1) is 11.3 Å². The maximum absolute atomic E-state index is 13.5. The number of ether oxygens (including phenoxy) is 1. The van der Waals surface area contributed by atoms with E-state index in [2.05, 4.69) is 19.7 Å². The van der Waals surface area contributed by atoms with Crippen molar-refractivity contribution < 1.29 is 26.3 Å². The summed E-state index contributed by atoms with van der Waals surface area (Å²) < 4.78 is 74.4. The van der Waals surface area contributed by atoms with Crippen molar-refractivity contribution in [2.75, 3.05) is 11.3 Å². The third-order valence-electron chi connectivity index (χ3n) is 5.81. The molecule has 1 unspecified atom stereocenters. The zero-order valence-corrected chi connectivity index (χ0v) is 20.4. The molecule has 36 heavy (non-hydrogen) atoms. The highest BCUT2D eigenvalue weighted by Gasteiger charge is 2.33. The summed E-state index contributed by atoms with van der Waals surface area (Å²) in [6.45, 7) is 2.07. The normalized spacial score (nSPS) is 15.7. The molecule has 0 saturated heterocycles.